The molecule has 110 valence electrons. The number of nitrogens with zero attached hydrogens (tertiary/aromatic N) is 5. The van der Waals surface area contributed by atoms with Gasteiger partial charge < -0.3 is 14.6 Å². The van der Waals surface area contributed by atoms with Crippen molar-refractivity contribution in [3.05, 3.63) is 39.4 Å². The fourth-order valence-electron chi connectivity index (χ4n) is 1.95. The van der Waals surface area contributed by atoms with E-state index in [2.05, 4.69) is 11.2 Å². The van der Waals surface area contributed by atoms with E-state index in [1.165, 1.54) is 0 Å². The second-order valence-corrected chi connectivity index (χ2v) is 5.33. The van der Waals surface area contributed by atoms with Crippen LogP contribution < -0.4 is 4.90 Å². The maximum atomic E-state index is 9.21. The average Bonchev–Trinajstić information content (AvgIpc) is 2.75. The highest BCUT2D eigenvalue weighted by atomic mass is 35.5. The minimum Gasteiger partial charge on any atom is -0.388 e. The molecule has 6 nitrogen and oxygen atoms in total. The Morgan fingerprint density at radius 1 is 1.52 bits per heavy atom. The lowest BCUT2D eigenvalue weighted by atomic mass is 10.2. The van der Waals surface area contributed by atoms with E-state index in [1.807, 2.05) is 11.9 Å². The summed E-state index contributed by atoms with van der Waals surface area (Å²) in [7, 11) is 3.57. The predicted molar refractivity (Wildman–Crippen MR) is 82.5 cm³/mol. The van der Waals surface area contributed by atoms with E-state index >= 15 is 0 Å². The predicted octanol–water partition coefficient (Wildman–Crippen LogP) is 2.06. The summed E-state index contributed by atoms with van der Waals surface area (Å²) in [6.07, 6.45) is 0. The second kappa shape index (κ2) is 6.26. The minimum absolute atomic E-state index is 0.183. The molecule has 0 aliphatic heterocycles. The van der Waals surface area contributed by atoms with Crippen LogP contribution in [0.2, 0.25) is 5.02 Å². The Hall–Kier alpha value is -1.88. The van der Waals surface area contributed by atoms with Crippen LogP contribution in [0.4, 0.5) is 5.69 Å². The molecular weight excluding hydrogens is 310 g/mol. The lowest BCUT2D eigenvalue weighted by Gasteiger charge is -2.20. The van der Waals surface area contributed by atoms with Crippen LogP contribution >= 0.6 is 23.8 Å². The summed E-state index contributed by atoms with van der Waals surface area (Å²) in [5.41, 5.74) is 1.22. The van der Waals surface area contributed by atoms with Crippen molar-refractivity contribution in [3.8, 4) is 6.07 Å². The zero-order valence-corrected chi connectivity index (χ0v) is 13.2. The smallest absolute Gasteiger partial charge is 0.199 e. The molecule has 21 heavy (non-hydrogen) atoms. The highest BCUT2D eigenvalue weighted by molar-refractivity contribution is 7.71. The Kier molecular flexibility index (Phi) is 4.63. The Labute approximate surface area is 132 Å². The van der Waals surface area contributed by atoms with Crippen LogP contribution in [0.5, 0.6) is 0 Å². The highest BCUT2D eigenvalue weighted by Gasteiger charge is 2.12. The van der Waals surface area contributed by atoms with E-state index < -0.39 is 0 Å². The van der Waals surface area contributed by atoms with Crippen molar-refractivity contribution in [2.45, 2.75) is 13.3 Å². The van der Waals surface area contributed by atoms with Gasteiger partial charge in [0, 0.05) is 19.1 Å². The van der Waals surface area contributed by atoms with Gasteiger partial charge in [-0.15, -0.1) is 0 Å². The maximum absolute atomic E-state index is 9.21. The Morgan fingerprint density at radius 2 is 2.24 bits per heavy atom. The van der Waals surface area contributed by atoms with Gasteiger partial charge in [0.05, 0.1) is 11.3 Å². The number of aliphatic hydroxyl groups excluding tert-OH is 1. The molecule has 0 radical (unpaired) electrons. The molecule has 0 amide bonds. The number of nitriles is 1. The number of benzene rings is 1. The number of halogens is 1. The van der Waals surface area contributed by atoms with Gasteiger partial charge in [-0.3, -0.25) is 0 Å². The number of aliphatic hydroxyl groups is 1. The molecule has 1 aromatic carbocycles. The summed E-state index contributed by atoms with van der Waals surface area (Å²) in [5.74, 6) is 0.486. The molecule has 1 heterocycles. The third-order valence-corrected chi connectivity index (χ3v) is 3.83. The summed E-state index contributed by atoms with van der Waals surface area (Å²) >= 11 is 11.3. The van der Waals surface area contributed by atoms with Crippen LogP contribution in [0.3, 0.4) is 0 Å². The lowest BCUT2D eigenvalue weighted by Crippen LogP contribution is -2.23. The first-order chi connectivity index (χ1) is 9.97. The van der Waals surface area contributed by atoms with Crippen LogP contribution in [0.15, 0.2) is 18.2 Å². The van der Waals surface area contributed by atoms with Gasteiger partial charge in [0.15, 0.2) is 10.6 Å². The van der Waals surface area contributed by atoms with Gasteiger partial charge in [0.2, 0.25) is 0 Å². The molecule has 0 aliphatic carbocycles. The van der Waals surface area contributed by atoms with Crippen LogP contribution in [-0.4, -0.2) is 26.5 Å². The molecule has 8 heteroatoms. The Morgan fingerprint density at radius 3 is 2.81 bits per heavy atom. The molecule has 0 unspecified atom stereocenters. The Bertz CT molecular complexity index is 761. The summed E-state index contributed by atoms with van der Waals surface area (Å²) in [5, 5.41) is 23.2. The molecule has 0 saturated carbocycles. The van der Waals surface area contributed by atoms with Gasteiger partial charge in [-0.2, -0.15) is 10.4 Å². The fourth-order valence-corrected chi connectivity index (χ4v) is 2.33. The van der Waals surface area contributed by atoms with Crippen molar-refractivity contribution in [3.63, 3.8) is 0 Å². The molecule has 0 saturated heterocycles. The molecular formula is C13H14ClN5OS. The van der Waals surface area contributed by atoms with Crippen LogP contribution in [-0.2, 0) is 20.3 Å². The number of aromatic nitrogens is 3. The van der Waals surface area contributed by atoms with Crippen LogP contribution in [0.25, 0.3) is 0 Å². The number of hydrogen-bond donors (Lipinski definition) is 1. The number of anilines is 1. The highest BCUT2D eigenvalue weighted by Crippen LogP contribution is 2.24. The molecule has 0 aliphatic rings. The zero-order valence-electron chi connectivity index (χ0n) is 11.6. The first-order valence-corrected chi connectivity index (χ1v) is 6.91. The van der Waals surface area contributed by atoms with E-state index in [0.29, 0.717) is 33.5 Å². The van der Waals surface area contributed by atoms with Crippen LogP contribution in [0.1, 0.15) is 11.4 Å². The first-order valence-electron chi connectivity index (χ1n) is 6.12. The monoisotopic (exact) mass is 323 g/mol. The topological polar surface area (TPSA) is 70.0 Å². The lowest BCUT2D eigenvalue weighted by molar-refractivity contribution is 0.265. The maximum Gasteiger partial charge on any atom is 0.199 e. The van der Waals surface area contributed by atoms with Crippen molar-refractivity contribution in [1.29, 1.82) is 5.26 Å². The number of hydrogen-bond acceptors (Lipinski definition) is 5. The summed E-state index contributed by atoms with van der Waals surface area (Å²) < 4.78 is 3.72. The first kappa shape index (κ1) is 15.5. The van der Waals surface area contributed by atoms with E-state index in [-0.39, 0.29) is 6.61 Å². The average molecular weight is 324 g/mol. The summed E-state index contributed by atoms with van der Waals surface area (Å²) in [4.78, 5) is 1.83. The minimum atomic E-state index is -0.183. The normalized spacial score (nSPS) is 10.4. The summed E-state index contributed by atoms with van der Waals surface area (Å²) in [6, 6.07) is 7.20. The SMILES string of the molecule is CN(Cn1nc(CO)n(C)c1=S)c1cc(Cl)ccc1C#N. The molecule has 0 fully saturated rings. The van der Waals surface area contributed by atoms with Gasteiger partial charge in [0.1, 0.15) is 19.3 Å². The van der Waals surface area contributed by atoms with Gasteiger partial charge in [-0.05, 0) is 30.4 Å². The van der Waals surface area contributed by atoms with Gasteiger partial charge >= 0.3 is 0 Å². The largest absolute Gasteiger partial charge is 0.388 e. The van der Waals surface area contributed by atoms with Crippen LogP contribution in [0, 0.1) is 16.1 Å². The molecule has 1 aromatic heterocycles. The zero-order chi connectivity index (χ0) is 15.6. The van der Waals surface area contributed by atoms with Gasteiger partial charge in [-0.1, -0.05) is 11.6 Å². The molecule has 2 aromatic rings. The molecule has 2 rings (SSSR count). The van der Waals surface area contributed by atoms with E-state index in [1.54, 1.807) is 34.5 Å². The van der Waals surface area contributed by atoms with Gasteiger partial charge in [-0.25, -0.2) is 4.68 Å². The van der Waals surface area contributed by atoms with Crippen molar-refractivity contribution in [1.82, 2.24) is 14.3 Å². The van der Waals surface area contributed by atoms with E-state index in [9.17, 15) is 5.11 Å². The summed E-state index contributed by atoms with van der Waals surface area (Å²) in [6.45, 7) is 0.166. The third-order valence-electron chi connectivity index (χ3n) is 3.11. The van der Waals surface area contributed by atoms with E-state index in [0.717, 1.165) is 0 Å². The molecule has 0 bridgehead atoms. The fraction of sp³-hybridized carbons (Fsp3) is 0.308. The van der Waals surface area contributed by atoms with E-state index in [4.69, 9.17) is 29.1 Å². The molecule has 1 N–H and O–H groups in total. The quantitative estimate of drug-likeness (QED) is 0.872. The second-order valence-electron chi connectivity index (χ2n) is 4.53. The van der Waals surface area contributed by atoms with Crippen molar-refractivity contribution in [2.75, 3.05) is 11.9 Å². The van der Waals surface area contributed by atoms with Crippen molar-refractivity contribution >= 4 is 29.5 Å². The molecule has 0 spiro atoms. The van der Waals surface area contributed by atoms with Gasteiger partial charge in [0.25, 0.3) is 0 Å². The molecule has 0 atom stereocenters. The Balaban J connectivity index is 2.35. The standard InChI is InChI=1S/C13H14ClN5OS/c1-17(11-5-10(14)4-3-9(11)6-15)8-19-13(21)18(2)12(7-20)16-19/h3-5,20H,7-8H2,1-2H3. The van der Waals surface area contributed by atoms with Crippen molar-refractivity contribution in [2.24, 2.45) is 7.05 Å². The third kappa shape index (κ3) is 3.08. The number of rotatable bonds is 4. The van der Waals surface area contributed by atoms with Crippen molar-refractivity contribution < 1.29 is 5.11 Å².